The van der Waals surface area contributed by atoms with Crippen molar-refractivity contribution in [3.63, 3.8) is 0 Å². The van der Waals surface area contributed by atoms with Crippen LogP contribution in [0.15, 0.2) is 91.0 Å². The van der Waals surface area contributed by atoms with Crippen molar-refractivity contribution >= 4 is 23.9 Å². The van der Waals surface area contributed by atoms with Gasteiger partial charge in [0.15, 0.2) is 12.4 Å². The maximum atomic E-state index is 13.0. The summed E-state index contributed by atoms with van der Waals surface area (Å²) in [7, 11) is 0. The number of hydrogen-bond acceptors (Lipinski definition) is 14. The molecule has 11 atom stereocenters. The Morgan fingerprint density at radius 1 is 0.783 bits per heavy atom. The Morgan fingerprint density at radius 3 is 2.22 bits per heavy atom. The predicted molar refractivity (Wildman–Crippen MR) is 216 cm³/mol. The lowest BCUT2D eigenvalue weighted by atomic mass is 9.97. The second-order valence-electron chi connectivity index (χ2n) is 15.1. The highest BCUT2D eigenvalue weighted by Gasteiger charge is 2.51. The summed E-state index contributed by atoms with van der Waals surface area (Å²) in [5, 5.41) is 60.4. The Labute approximate surface area is 348 Å². The number of nitrogens with one attached hydrogen (secondary N) is 2. The van der Waals surface area contributed by atoms with Crippen molar-refractivity contribution in [2.45, 2.75) is 100 Å². The number of nitrogens with zero attached hydrogens (tertiary/aromatic N) is 1. The zero-order chi connectivity index (χ0) is 42.6. The lowest BCUT2D eigenvalue weighted by Crippen LogP contribution is -2.64. The molecule has 3 heterocycles. The van der Waals surface area contributed by atoms with Gasteiger partial charge in [0.2, 0.25) is 18.1 Å². The number of ether oxygens (including phenoxy) is 5. The van der Waals surface area contributed by atoms with Crippen LogP contribution in [0, 0.1) is 0 Å². The average molecular weight is 834 g/mol. The molecule has 3 aliphatic heterocycles. The van der Waals surface area contributed by atoms with Crippen LogP contribution in [-0.4, -0.2) is 142 Å². The smallest absolute Gasteiger partial charge is 0.338 e. The first-order valence-corrected chi connectivity index (χ1v) is 20.4. The number of rotatable bonds is 10. The summed E-state index contributed by atoms with van der Waals surface area (Å²) in [5.74, 6) is -0.630. The van der Waals surface area contributed by atoms with Gasteiger partial charge >= 0.3 is 5.97 Å². The van der Waals surface area contributed by atoms with Crippen LogP contribution >= 0.6 is 0 Å². The molecule has 2 amide bonds. The normalized spacial score (nSPS) is 30.9. The first-order chi connectivity index (χ1) is 29.0. The van der Waals surface area contributed by atoms with Gasteiger partial charge in [-0.1, -0.05) is 60.7 Å². The van der Waals surface area contributed by atoms with E-state index in [2.05, 4.69) is 10.6 Å². The van der Waals surface area contributed by atoms with E-state index in [9.17, 15) is 39.9 Å². The first kappa shape index (κ1) is 44.8. The van der Waals surface area contributed by atoms with E-state index in [1.807, 2.05) is 35.2 Å². The summed E-state index contributed by atoms with van der Waals surface area (Å²) < 4.78 is 29.0. The predicted octanol–water partition coefficient (Wildman–Crippen LogP) is 1.44. The Hall–Kier alpha value is -4.75. The minimum atomic E-state index is -1.81. The summed E-state index contributed by atoms with van der Waals surface area (Å²) in [6.45, 7) is 3.16. The number of benzene rings is 3. The summed E-state index contributed by atoms with van der Waals surface area (Å²) in [6.07, 6.45) is -9.33. The third-order valence-electron chi connectivity index (χ3n) is 10.8. The van der Waals surface area contributed by atoms with Crippen LogP contribution in [0.4, 0.5) is 0 Å². The number of carbonyl (C=O) groups is 3. The van der Waals surface area contributed by atoms with Gasteiger partial charge in [-0.3, -0.25) is 9.59 Å². The van der Waals surface area contributed by atoms with Crippen molar-refractivity contribution in [2.24, 2.45) is 0 Å². The Morgan fingerprint density at radius 2 is 1.48 bits per heavy atom. The van der Waals surface area contributed by atoms with Crippen molar-refractivity contribution in [1.82, 2.24) is 15.5 Å². The topological polar surface area (TPSA) is 226 Å². The zero-order valence-corrected chi connectivity index (χ0v) is 33.4. The molecule has 3 fully saturated rings. The van der Waals surface area contributed by atoms with Crippen LogP contribution in [0.5, 0.6) is 5.75 Å². The van der Waals surface area contributed by atoms with Gasteiger partial charge in [-0.25, -0.2) is 4.79 Å². The molecule has 3 aliphatic rings. The number of aliphatic hydroxyl groups excluding tert-OH is 5. The summed E-state index contributed by atoms with van der Waals surface area (Å²) in [4.78, 5) is 40.4. The van der Waals surface area contributed by atoms with E-state index < -0.39 is 74.0 Å². The highest BCUT2D eigenvalue weighted by molar-refractivity contribution is 5.91. The fourth-order valence-electron chi connectivity index (χ4n) is 7.23. The van der Waals surface area contributed by atoms with Gasteiger partial charge in [-0.15, -0.1) is 0 Å². The fraction of sp³-hybridized carbons (Fsp3) is 0.477. The molecule has 16 heteroatoms. The number of carbonyl (C=O) groups excluding carboxylic acids is 3. The van der Waals surface area contributed by atoms with E-state index in [0.29, 0.717) is 38.3 Å². The highest BCUT2D eigenvalue weighted by Crippen LogP contribution is 2.31. The SMILES string of the molecule is C[C@@H]1O[C@@H](Oc2ccc([C@@H]3CC(=O)NCCCN(C(=O)/C=C/c4ccccc4)CCCCN3)cc2)[C@H](O[C@@H]2O[C@H](COC(=O)c3ccccc3)[C@H](O)[C@H](O)[C@H]2O)[C@H](O)[C@H]1O. The van der Waals surface area contributed by atoms with Crippen LogP contribution in [0.2, 0.25) is 0 Å². The molecular formula is C44H55N3O13. The van der Waals surface area contributed by atoms with E-state index in [4.69, 9.17) is 23.7 Å². The molecule has 6 rings (SSSR count). The van der Waals surface area contributed by atoms with Crippen LogP contribution in [0.3, 0.4) is 0 Å². The Kier molecular flexibility index (Phi) is 16.2. The molecule has 3 aromatic carbocycles. The standard InChI is InChI=1S/C44H55N3O13/c1-27-36(50)39(53)41(60-43-40(54)38(52)37(51)33(59-43)26-56-42(55)30-13-6-3-7-14-30)44(57-27)58-31-18-16-29(17-19-31)32-25-34(48)46-22-10-24-47(23-9-8-21-45-32)35(49)20-15-28-11-4-2-5-12-28/h2-7,11-20,27,32-33,36-41,43-45,50-54H,8-10,21-26H2,1H3,(H,46,48)/b20-15+/t27-,32-,33+,36-,37-,38-,39+,40+,41+,43-,44-/m0/s1. The maximum Gasteiger partial charge on any atom is 0.338 e. The maximum absolute atomic E-state index is 13.0. The van der Waals surface area contributed by atoms with E-state index in [1.165, 1.54) is 6.92 Å². The summed E-state index contributed by atoms with van der Waals surface area (Å²) >= 11 is 0. The minimum absolute atomic E-state index is 0.0731. The third-order valence-corrected chi connectivity index (χ3v) is 10.8. The van der Waals surface area contributed by atoms with Crippen molar-refractivity contribution in [3.8, 4) is 5.75 Å². The molecule has 0 bridgehead atoms. The summed E-state index contributed by atoms with van der Waals surface area (Å²) in [6, 6.07) is 24.3. The zero-order valence-electron chi connectivity index (χ0n) is 33.4. The molecular weight excluding hydrogens is 778 g/mol. The molecule has 0 spiro atoms. The molecule has 0 unspecified atom stereocenters. The summed E-state index contributed by atoms with van der Waals surface area (Å²) in [5.41, 5.74) is 2.00. The van der Waals surface area contributed by atoms with Crippen molar-refractivity contribution in [2.75, 3.05) is 32.8 Å². The molecule has 3 saturated heterocycles. The first-order valence-electron chi connectivity index (χ1n) is 20.4. The van der Waals surface area contributed by atoms with Gasteiger partial charge in [-0.05, 0) is 74.2 Å². The van der Waals surface area contributed by atoms with Crippen LogP contribution < -0.4 is 15.4 Å². The van der Waals surface area contributed by atoms with Gasteiger partial charge in [0.05, 0.1) is 11.7 Å². The van der Waals surface area contributed by atoms with Crippen LogP contribution in [-0.2, 0) is 28.5 Å². The second-order valence-corrected chi connectivity index (χ2v) is 15.1. The van der Waals surface area contributed by atoms with Crippen molar-refractivity contribution < 1.29 is 63.6 Å². The molecule has 7 N–H and O–H groups in total. The number of esters is 1. The van der Waals surface area contributed by atoms with Gasteiger partial charge in [0.1, 0.15) is 49.0 Å². The number of amides is 2. The van der Waals surface area contributed by atoms with Crippen LogP contribution in [0.1, 0.15) is 60.1 Å². The van der Waals surface area contributed by atoms with E-state index in [0.717, 1.165) is 24.0 Å². The molecule has 0 aromatic heterocycles. The van der Waals surface area contributed by atoms with Crippen LogP contribution in [0.25, 0.3) is 6.08 Å². The van der Waals surface area contributed by atoms with Crippen molar-refractivity contribution in [3.05, 3.63) is 108 Å². The average Bonchev–Trinajstić information content (AvgIpc) is 3.28. The van der Waals surface area contributed by atoms with Gasteiger partial charge < -0.3 is 64.8 Å². The molecule has 0 aliphatic carbocycles. The number of hydrogen-bond donors (Lipinski definition) is 7. The molecule has 0 radical (unpaired) electrons. The largest absolute Gasteiger partial charge is 0.462 e. The highest BCUT2D eigenvalue weighted by atomic mass is 16.8. The monoisotopic (exact) mass is 833 g/mol. The Balaban J connectivity index is 1.07. The minimum Gasteiger partial charge on any atom is -0.462 e. The second kappa shape index (κ2) is 21.7. The van der Waals surface area contributed by atoms with Gasteiger partial charge in [0.25, 0.3) is 0 Å². The quantitative estimate of drug-likeness (QED) is 0.114. The molecule has 0 saturated carbocycles. The Bertz CT molecular complexity index is 1850. The third kappa shape index (κ3) is 12.0. The van der Waals surface area contributed by atoms with Gasteiger partial charge in [-0.2, -0.15) is 0 Å². The molecule has 3 aromatic rings. The fourth-order valence-corrected chi connectivity index (χ4v) is 7.23. The van der Waals surface area contributed by atoms with E-state index in [1.54, 1.807) is 66.7 Å². The lowest BCUT2D eigenvalue weighted by Gasteiger charge is -2.45. The number of aliphatic hydroxyl groups is 5. The molecule has 324 valence electrons. The van der Waals surface area contributed by atoms with E-state index >= 15 is 0 Å². The molecule has 16 nitrogen and oxygen atoms in total. The lowest BCUT2D eigenvalue weighted by molar-refractivity contribution is -0.355. The van der Waals surface area contributed by atoms with Gasteiger partial charge in [0, 0.05) is 38.2 Å². The van der Waals surface area contributed by atoms with E-state index in [-0.39, 0.29) is 29.8 Å². The van der Waals surface area contributed by atoms with Crippen molar-refractivity contribution in [1.29, 1.82) is 0 Å². The molecule has 60 heavy (non-hydrogen) atoms.